The quantitative estimate of drug-likeness (QED) is 0.769. The predicted octanol–water partition coefficient (Wildman–Crippen LogP) is 2.39. The molecule has 0 amide bonds. The fraction of sp³-hybridized carbons (Fsp3) is 1.00. The molecule has 0 bridgehead atoms. The van der Waals surface area contributed by atoms with Crippen LogP contribution < -0.4 is 5.32 Å². The number of nitrogens with zero attached hydrogens (tertiary/aromatic N) is 1. The summed E-state index contributed by atoms with van der Waals surface area (Å²) in [7, 11) is 0. The Labute approximate surface area is 118 Å². The molecule has 2 rings (SSSR count). The number of hydrogen-bond donors (Lipinski definition) is 2. The lowest BCUT2D eigenvalue weighted by Gasteiger charge is -2.40. The molecule has 3 unspecified atom stereocenters. The molecule has 1 heterocycles. The number of aliphatic hydroxyl groups is 1. The van der Waals surface area contributed by atoms with Gasteiger partial charge in [0.2, 0.25) is 0 Å². The highest BCUT2D eigenvalue weighted by atomic mass is 16.3. The van der Waals surface area contributed by atoms with E-state index in [1.807, 2.05) is 0 Å². The van der Waals surface area contributed by atoms with E-state index >= 15 is 0 Å². The maximum absolute atomic E-state index is 10.4. The van der Waals surface area contributed by atoms with Crippen molar-refractivity contribution in [1.29, 1.82) is 0 Å². The van der Waals surface area contributed by atoms with Crippen LogP contribution in [0.2, 0.25) is 0 Å². The Morgan fingerprint density at radius 1 is 1.11 bits per heavy atom. The lowest BCUT2D eigenvalue weighted by molar-refractivity contribution is 0.0159. The van der Waals surface area contributed by atoms with Gasteiger partial charge in [-0.25, -0.2) is 0 Å². The first-order valence-electron chi connectivity index (χ1n) is 8.33. The maximum atomic E-state index is 10.4. The summed E-state index contributed by atoms with van der Waals surface area (Å²) in [6.07, 6.45) is 8.51. The topological polar surface area (TPSA) is 35.5 Å². The fourth-order valence-electron chi connectivity index (χ4n) is 3.76. The summed E-state index contributed by atoms with van der Waals surface area (Å²) in [6, 6.07) is 0.934. The van der Waals surface area contributed by atoms with Crippen LogP contribution in [-0.2, 0) is 0 Å². The van der Waals surface area contributed by atoms with Crippen molar-refractivity contribution < 1.29 is 5.11 Å². The first-order valence-corrected chi connectivity index (χ1v) is 8.33. The molecule has 1 saturated heterocycles. The minimum Gasteiger partial charge on any atom is -0.391 e. The van der Waals surface area contributed by atoms with Crippen LogP contribution in [0, 0.1) is 5.92 Å². The molecule has 3 atom stereocenters. The second-order valence-corrected chi connectivity index (χ2v) is 6.78. The SMILES string of the molecule is CC(C)N(CC1CCCNC1)C1CCCCCC1O. The lowest BCUT2D eigenvalue weighted by Crippen LogP contribution is -2.50. The first-order chi connectivity index (χ1) is 9.18. The molecule has 112 valence electrons. The van der Waals surface area contributed by atoms with Gasteiger partial charge in [-0.15, -0.1) is 0 Å². The molecule has 1 aliphatic carbocycles. The van der Waals surface area contributed by atoms with Gasteiger partial charge in [0.05, 0.1) is 6.10 Å². The van der Waals surface area contributed by atoms with Gasteiger partial charge in [-0.1, -0.05) is 19.3 Å². The van der Waals surface area contributed by atoms with E-state index in [0.29, 0.717) is 12.1 Å². The second-order valence-electron chi connectivity index (χ2n) is 6.78. The summed E-state index contributed by atoms with van der Waals surface area (Å²) in [4.78, 5) is 2.59. The van der Waals surface area contributed by atoms with E-state index < -0.39 is 0 Å². The molecule has 1 aliphatic heterocycles. The fourth-order valence-corrected chi connectivity index (χ4v) is 3.76. The molecular weight excluding hydrogens is 236 g/mol. The zero-order valence-corrected chi connectivity index (χ0v) is 12.8. The highest BCUT2D eigenvalue weighted by molar-refractivity contribution is 4.86. The normalized spacial score (nSPS) is 33.6. The summed E-state index contributed by atoms with van der Waals surface area (Å²) in [5.41, 5.74) is 0. The van der Waals surface area contributed by atoms with E-state index in [1.54, 1.807) is 0 Å². The van der Waals surface area contributed by atoms with Crippen molar-refractivity contribution >= 4 is 0 Å². The molecular formula is C16H32N2O. The molecule has 3 heteroatoms. The molecule has 0 aromatic rings. The van der Waals surface area contributed by atoms with Crippen molar-refractivity contribution in [2.75, 3.05) is 19.6 Å². The van der Waals surface area contributed by atoms with Gasteiger partial charge in [0.15, 0.2) is 0 Å². The molecule has 0 spiro atoms. The minimum atomic E-state index is -0.110. The van der Waals surface area contributed by atoms with Crippen molar-refractivity contribution in [3.05, 3.63) is 0 Å². The van der Waals surface area contributed by atoms with E-state index in [1.165, 1.54) is 45.1 Å². The molecule has 0 aromatic carbocycles. The first kappa shape index (κ1) is 15.3. The van der Waals surface area contributed by atoms with Crippen LogP contribution >= 0.6 is 0 Å². The second kappa shape index (κ2) is 7.61. The van der Waals surface area contributed by atoms with Gasteiger partial charge in [0, 0.05) is 18.6 Å². The number of nitrogens with one attached hydrogen (secondary N) is 1. The van der Waals surface area contributed by atoms with Crippen LogP contribution in [0.4, 0.5) is 0 Å². The minimum absolute atomic E-state index is 0.110. The Hall–Kier alpha value is -0.120. The Morgan fingerprint density at radius 3 is 2.58 bits per heavy atom. The molecule has 1 saturated carbocycles. The van der Waals surface area contributed by atoms with Crippen molar-refractivity contribution in [1.82, 2.24) is 10.2 Å². The molecule has 2 aliphatic rings. The molecule has 19 heavy (non-hydrogen) atoms. The molecule has 3 nitrogen and oxygen atoms in total. The van der Waals surface area contributed by atoms with Gasteiger partial charge in [0.25, 0.3) is 0 Å². The molecule has 0 radical (unpaired) electrons. The predicted molar refractivity (Wildman–Crippen MR) is 80.3 cm³/mol. The molecule has 2 N–H and O–H groups in total. The Bertz CT molecular complexity index is 251. The lowest BCUT2D eigenvalue weighted by atomic mass is 9.95. The summed E-state index contributed by atoms with van der Waals surface area (Å²) >= 11 is 0. The van der Waals surface area contributed by atoms with Gasteiger partial charge in [-0.05, 0) is 58.5 Å². The maximum Gasteiger partial charge on any atom is 0.0695 e. The van der Waals surface area contributed by atoms with Gasteiger partial charge < -0.3 is 10.4 Å². The summed E-state index contributed by atoms with van der Waals surface area (Å²) < 4.78 is 0. The van der Waals surface area contributed by atoms with Crippen LogP contribution in [0.1, 0.15) is 58.8 Å². The third-order valence-electron chi connectivity index (χ3n) is 4.90. The number of piperidine rings is 1. The number of aliphatic hydroxyl groups excluding tert-OH is 1. The summed E-state index contributed by atoms with van der Waals surface area (Å²) in [6.45, 7) is 8.07. The van der Waals surface area contributed by atoms with E-state index in [2.05, 4.69) is 24.1 Å². The number of rotatable bonds is 4. The van der Waals surface area contributed by atoms with Crippen LogP contribution in [0.3, 0.4) is 0 Å². The van der Waals surface area contributed by atoms with Crippen molar-refractivity contribution in [3.63, 3.8) is 0 Å². The van der Waals surface area contributed by atoms with Crippen molar-refractivity contribution in [2.45, 2.75) is 77.0 Å². The van der Waals surface area contributed by atoms with E-state index in [0.717, 1.165) is 25.4 Å². The van der Waals surface area contributed by atoms with E-state index in [9.17, 15) is 5.11 Å². The highest BCUT2D eigenvalue weighted by Gasteiger charge is 2.30. The van der Waals surface area contributed by atoms with Crippen LogP contribution in [-0.4, -0.2) is 47.8 Å². The third kappa shape index (κ3) is 4.44. The van der Waals surface area contributed by atoms with Gasteiger partial charge in [-0.3, -0.25) is 4.90 Å². The van der Waals surface area contributed by atoms with E-state index in [-0.39, 0.29) is 6.10 Å². The zero-order valence-electron chi connectivity index (χ0n) is 12.8. The van der Waals surface area contributed by atoms with Crippen LogP contribution in [0.15, 0.2) is 0 Å². The van der Waals surface area contributed by atoms with E-state index in [4.69, 9.17) is 0 Å². The third-order valence-corrected chi connectivity index (χ3v) is 4.90. The summed E-state index contributed by atoms with van der Waals surface area (Å²) in [5.74, 6) is 0.770. The van der Waals surface area contributed by atoms with Crippen molar-refractivity contribution in [3.8, 4) is 0 Å². The van der Waals surface area contributed by atoms with Gasteiger partial charge in [0.1, 0.15) is 0 Å². The van der Waals surface area contributed by atoms with Gasteiger partial charge >= 0.3 is 0 Å². The zero-order chi connectivity index (χ0) is 13.7. The van der Waals surface area contributed by atoms with Crippen LogP contribution in [0.25, 0.3) is 0 Å². The summed E-state index contributed by atoms with van der Waals surface area (Å²) in [5, 5.41) is 14.0. The largest absolute Gasteiger partial charge is 0.391 e. The molecule has 2 fully saturated rings. The van der Waals surface area contributed by atoms with Crippen molar-refractivity contribution in [2.24, 2.45) is 5.92 Å². The Morgan fingerprint density at radius 2 is 1.89 bits per heavy atom. The molecule has 0 aromatic heterocycles. The highest BCUT2D eigenvalue weighted by Crippen LogP contribution is 2.26. The average molecular weight is 268 g/mol. The smallest absolute Gasteiger partial charge is 0.0695 e. The number of hydrogen-bond acceptors (Lipinski definition) is 3. The average Bonchev–Trinajstić information content (AvgIpc) is 2.62. The Balaban J connectivity index is 1.96. The Kier molecular flexibility index (Phi) is 6.11. The van der Waals surface area contributed by atoms with Crippen LogP contribution in [0.5, 0.6) is 0 Å². The standard InChI is InChI=1S/C16H32N2O/c1-13(2)18(12-14-7-6-10-17-11-14)15-8-4-3-5-9-16(15)19/h13-17,19H,3-12H2,1-2H3. The van der Waals surface area contributed by atoms with Gasteiger partial charge in [-0.2, -0.15) is 0 Å². The monoisotopic (exact) mass is 268 g/mol.